The van der Waals surface area contributed by atoms with Crippen LogP contribution in [0.15, 0.2) is 80.4 Å². The molecule has 3 aromatic carbocycles. The summed E-state index contributed by atoms with van der Waals surface area (Å²) in [5.74, 6) is -1.54. The Morgan fingerprint density at radius 2 is 1.63 bits per heavy atom. The van der Waals surface area contributed by atoms with Crippen LogP contribution in [0.3, 0.4) is 0 Å². The summed E-state index contributed by atoms with van der Waals surface area (Å²) in [6, 6.07) is 17.4. The van der Waals surface area contributed by atoms with Gasteiger partial charge in [0.15, 0.2) is 0 Å². The van der Waals surface area contributed by atoms with Crippen LogP contribution in [0.2, 0.25) is 0 Å². The molecule has 180 valence electrons. The maximum absolute atomic E-state index is 12.9. The summed E-state index contributed by atoms with van der Waals surface area (Å²) in [6.07, 6.45) is 2.75. The molecule has 3 aromatic rings. The smallest absolute Gasteiger partial charge is 0.287 e. The van der Waals surface area contributed by atoms with Crippen LogP contribution < -0.4 is 15.6 Å². The van der Waals surface area contributed by atoms with E-state index in [1.165, 1.54) is 18.4 Å². The molecule has 0 saturated carbocycles. The minimum atomic E-state index is -0.668. The summed E-state index contributed by atoms with van der Waals surface area (Å²) in [5, 5.41) is 26.5. The average molecular weight is 602 g/mol. The molecule has 0 atom stereocenters. The Kier molecular flexibility index (Phi) is 8.67. The number of amides is 2. The number of nitrogens with one attached hydrogen (secondary N) is 2. The van der Waals surface area contributed by atoms with Gasteiger partial charge in [0.25, 0.3) is 11.8 Å². The van der Waals surface area contributed by atoms with Crippen LogP contribution in [0.1, 0.15) is 21.5 Å². The van der Waals surface area contributed by atoms with Crippen LogP contribution in [0.4, 0.5) is 5.69 Å². The molecule has 10 heteroatoms. The van der Waals surface area contributed by atoms with Gasteiger partial charge in [-0.3, -0.25) is 9.59 Å². The minimum absolute atomic E-state index is 0.0223. The van der Waals surface area contributed by atoms with Crippen molar-refractivity contribution in [3.63, 3.8) is 0 Å². The van der Waals surface area contributed by atoms with Gasteiger partial charge in [0.05, 0.1) is 10.7 Å². The predicted molar refractivity (Wildman–Crippen MR) is 144 cm³/mol. The molecule has 4 N–H and O–H groups in total. The van der Waals surface area contributed by atoms with Gasteiger partial charge in [-0.1, -0.05) is 30.3 Å². The van der Waals surface area contributed by atoms with Crippen molar-refractivity contribution in [2.24, 2.45) is 5.10 Å². The highest BCUT2D eigenvalue weighted by Crippen LogP contribution is 2.40. The lowest BCUT2D eigenvalue weighted by molar-refractivity contribution is -0.117. The summed E-state index contributed by atoms with van der Waals surface area (Å²) in [4.78, 5) is 27.6. The monoisotopic (exact) mass is 600 g/mol. The van der Waals surface area contributed by atoms with E-state index in [9.17, 15) is 19.8 Å². The second kappa shape index (κ2) is 11.7. The van der Waals surface area contributed by atoms with E-state index < -0.39 is 11.8 Å². The molecule has 0 unspecified atom stereocenters. The first-order valence-corrected chi connectivity index (χ1v) is 11.8. The van der Waals surface area contributed by atoms with Gasteiger partial charge < -0.3 is 20.4 Å². The number of halogens is 2. The Balaban J connectivity index is 1.85. The molecule has 2 amide bonds. The van der Waals surface area contributed by atoms with Gasteiger partial charge >= 0.3 is 0 Å². The van der Waals surface area contributed by atoms with Crippen LogP contribution in [0.25, 0.3) is 6.08 Å². The van der Waals surface area contributed by atoms with Crippen molar-refractivity contribution in [3.05, 3.63) is 92.0 Å². The highest BCUT2D eigenvalue weighted by Gasteiger charge is 2.16. The average Bonchev–Trinajstić information content (AvgIpc) is 2.86. The fraction of sp³-hybridized carbons (Fsp3) is 0.0800. The number of phenolic OH excluding ortho intramolecular Hbond substituents is 2. The lowest BCUT2D eigenvalue weighted by Gasteiger charge is -2.13. The number of hydrogen-bond acceptors (Lipinski definition) is 6. The predicted octanol–water partition coefficient (Wildman–Crippen LogP) is 4.61. The molecule has 0 aliphatic heterocycles. The lowest BCUT2D eigenvalue weighted by Crippen LogP contribution is -2.32. The van der Waals surface area contributed by atoms with Crippen molar-refractivity contribution in [1.82, 2.24) is 10.7 Å². The van der Waals surface area contributed by atoms with Crippen LogP contribution in [0, 0.1) is 0 Å². The van der Waals surface area contributed by atoms with Crippen LogP contribution in [-0.2, 0) is 4.79 Å². The molecule has 0 bridgehead atoms. The molecule has 8 nitrogen and oxygen atoms in total. The lowest BCUT2D eigenvalue weighted by atomic mass is 10.1. The molecule has 0 radical (unpaired) electrons. The van der Waals surface area contributed by atoms with Crippen molar-refractivity contribution in [3.8, 4) is 11.5 Å². The number of hydrogen-bond donors (Lipinski definition) is 4. The Morgan fingerprint density at radius 1 is 0.971 bits per heavy atom. The first-order chi connectivity index (χ1) is 16.7. The molecule has 0 aliphatic carbocycles. The van der Waals surface area contributed by atoms with Gasteiger partial charge in [0.1, 0.15) is 21.7 Å². The Labute approximate surface area is 219 Å². The number of benzene rings is 3. The third-order valence-corrected chi connectivity index (χ3v) is 6.17. The molecular weight excluding hydrogens is 580 g/mol. The normalized spacial score (nSPS) is 11.4. The van der Waals surface area contributed by atoms with Gasteiger partial charge in [0.2, 0.25) is 0 Å². The number of hydrazone groups is 1. The van der Waals surface area contributed by atoms with E-state index in [0.29, 0.717) is 15.6 Å². The number of phenols is 2. The molecule has 35 heavy (non-hydrogen) atoms. The summed E-state index contributed by atoms with van der Waals surface area (Å²) in [5.41, 5.74) is 4.64. The van der Waals surface area contributed by atoms with Crippen LogP contribution in [-0.4, -0.2) is 42.3 Å². The zero-order valence-electron chi connectivity index (χ0n) is 18.8. The summed E-state index contributed by atoms with van der Waals surface area (Å²) >= 11 is 6.26. The molecule has 0 aromatic heterocycles. The first-order valence-electron chi connectivity index (χ1n) is 10.3. The van der Waals surface area contributed by atoms with Gasteiger partial charge in [0, 0.05) is 30.9 Å². The maximum atomic E-state index is 12.9. The summed E-state index contributed by atoms with van der Waals surface area (Å²) in [7, 11) is 3.84. The fourth-order valence-corrected chi connectivity index (χ4v) is 4.07. The van der Waals surface area contributed by atoms with E-state index in [2.05, 4.69) is 47.7 Å². The summed E-state index contributed by atoms with van der Waals surface area (Å²) < 4.78 is 0.406. The van der Waals surface area contributed by atoms with Crippen LogP contribution >= 0.6 is 31.9 Å². The largest absolute Gasteiger partial charge is 0.506 e. The topological polar surface area (TPSA) is 114 Å². The van der Waals surface area contributed by atoms with E-state index in [4.69, 9.17) is 0 Å². The van der Waals surface area contributed by atoms with E-state index >= 15 is 0 Å². The zero-order valence-corrected chi connectivity index (χ0v) is 22.0. The number of carbonyl (C=O) groups is 2. The number of anilines is 1. The maximum Gasteiger partial charge on any atom is 0.287 e. The highest BCUT2D eigenvalue weighted by molar-refractivity contribution is 9.11. The number of carbonyl (C=O) groups excluding carboxylic acids is 2. The second-order valence-corrected chi connectivity index (χ2v) is 9.17. The SMILES string of the molecule is CN(C)c1ccc(/C=C(\NC(=O)c2ccccc2)C(=O)N/N=C\c2cc(Br)c(O)c(Br)c2O)cc1. The molecule has 0 spiro atoms. The molecule has 0 heterocycles. The van der Waals surface area contributed by atoms with E-state index in [0.717, 1.165) is 5.69 Å². The Morgan fingerprint density at radius 3 is 2.26 bits per heavy atom. The highest BCUT2D eigenvalue weighted by atomic mass is 79.9. The van der Waals surface area contributed by atoms with Gasteiger partial charge in [-0.2, -0.15) is 5.10 Å². The van der Waals surface area contributed by atoms with Crippen molar-refractivity contribution >= 4 is 61.7 Å². The third-order valence-electron chi connectivity index (χ3n) is 4.82. The Bertz CT molecular complexity index is 1290. The van der Waals surface area contributed by atoms with E-state index in [1.807, 2.05) is 43.3 Å². The quantitative estimate of drug-likeness (QED) is 0.179. The Hall–Kier alpha value is -3.63. The number of aromatic hydroxyl groups is 2. The first kappa shape index (κ1) is 26.0. The van der Waals surface area contributed by atoms with Crippen molar-refractivity contribution < 1.29 is 19.8 Å². The van der Waals surface area contributed by atoms with Crippen molar-refractivity contribution in [1.29, 1.82) is 0 Å². The van der Waals surface area contributed by atoms with Crippen molar-refractivity contribution in [2.45, 2.75) is 0 Å². The van der Waals surface area contributed by atoms with Gasteiger partial charge in [-0.25, -0.2) is 5.43 Å². The molecule has 0 fully saturated rings. The molecular formula is C25H22Br2N4O4. The van der Waals surface area contributed by atoms with Gasteiger partial charge in [-0.15, -0.1) is 0 Å². The summed E-state index contributed by atoms with van der Waals surface area (Å²) in [6.45, 7) is 0. The minimum Gasteiger partial charge on any atom is -0.506 e. The third kappa shape index (κ3) is 6.71. The van der Waals surface area contributed by atoms with Crippen molar-refractivity contribution in [2.75, 3.05) is 19.0 Å². The number of rotatable bonds is 7. The molecule has 0 saturated heterocycles. The van der Waals surface area contributed by atoms with Gasteiger partial charge in [-0.05, 0) is 73.8 Å². The molecule has 0 aliphatic rings. The molecule has 3 rings (SSSR count). The van der Waals surface area contributed by atoms with E-state index in [-0.39, 0.29) is 27.2 Å². The number of nitrogens with zero attached hydrogens (tertiary/aromatic N) is 2. The zero-order chi connectivity index (χ0) is 25.5. The van der Waals surface area contributed by atoms with E-state index in [1.54, 1.807) is 30.3 Å². The fourth-order valence-electron chi connectivity index (χ4n) is 2.91. The standard InChI is InChI=1S/C25H22Br2N4O4/c1-31(2)18-10-8-15(9-11-18)12-20(29-24(34)16-6-4-3-5-7-16)25(35)30-28-14-17-13-19(26)23(33)21(27)22(17)32/h3-14,32-33H,1-2H3,(H,29,34)(H,30,35)/b20-12-,28-14-. The van der Waals surface area contributed by atoms with Crippen LogP contribution in [0.5, 0.6) is 11.5 Å². The second-order valence-electron chi connectivity index (χ2n) is 7.52.